The number of hydrogen-bond acceptors (Lipinski definition) is 5. The van der Waals surface area contributed by atoms with Crippen LogP contribution in [0, 0.1) is 23.1 Å². The Morgan fingerprint density at radius 3 is 3.00 bits per heavy atom. The Hall–Kier alpha value is -2.23. The van der Waals surface area contributed by atoms with Gasteiger partial charge < -0.3 is 5.32 Å². The summed E-state index contributed by atoms with van der Waals surface area (Å²) in [6, 6.07) is 8.72. The molecule has 2 atom stereocenters. The minimum atomic E-state index is -0.393. The molecule has 0 bridgehead atoms. The van der Waals surface area contributed by atoms with E-state index in [1.54, 1.807) is 12.1 Å². The summed E-state index contributed by atoms with van der Waals surface area (Å²) < 4.78 is 13.8. The van der Waals surface area contributed by atoms with Crippen LogP contribution in [-0.4, -0.2) is 35.0 Å². The number of anilines is 1. The molecule has 1 saturated heterocycles. The lowest BCUT2D eigenvalue weighted by Gasteiger charge is -2.26. The normalized spacial score (nSPS) is 20.8. The zero-order valence-electron chi connectivity index (χ0n) is 13.2. The summed E-state index contributed by atoms with van der Waals surface area (Å²) in [5, 5.41) is 12.3. The van der Waals surface area contributed by atoms with Crippen molar-refractivity contribution in [3.05, 3.63) is 52.7 Å². The van der Waals surface area contributed by atoms with Gasteiger partial charge in [0.1, 0.15) is 29.7 Å². The van der Waals surface area contributed by atoms with Crippen LogP contribution in [-0.2, 0) is 0 Å². The summed E-state index contributed by atoms with van der Waals surface area (Å²) in [5.41, 5.74) is 1.25. The largest absolute Gasteiger partial charge is 0.370 e. The van der Waals surface area contributed by atoms with Crippen molar-refractivity contribution >= 4 is 17.4 Å². The average molecular weight is 346 g/mol. The standard InChI is InChI=1S/C17H17ClFN5/c1-24-5-4-12(9-21-16-7-13(8-20)22-10-23-16)17(24)11-2-3-14(18)15(19)6-11/h2-3,6-7,10,12,17H,4-5,9H2,1H3,(H,21,22,23)/t12-,17-/m1/s1. The number of nitriles is 1. The lowest BCUT2D eigenvalue weighted by atomic mass is 9.93. The zero-order valence-corrected chi connectivity index (χ0v) is 14.0. The Labute approximate surface area is 145 Å². The fourth-order valence-corrected chi connectivity index (χ4v) is 3.33. The Bertz CT molecular complexity index is 776. The summed E-state index contributed by atoms with van der Waals surface area (Å²) >= 11 is 5.79. The molecule has 0 aliphatic carbocycles. The minimum absolute atomic E-state index is 0.113. The van der Waals surface area contributed by atoms with Gasteiger partial charge in [-0.1, -0.05) is 17.7 Å². The van der Waals surface area contributed by atoms with Gasteiger partial charge in [-0.3, -0.25) is 4.90 Å². The second-order valence-electron chi connectivity index (χ2n) is 5.93. The third-order valence-electron chi connectivity index (χ3n) is 4.39. The first-order valence-corrected chi connectivity index (χ1v) is 8.07. The molecule has 1 aliphatic heterocycles. The fourth-order valence-electron chi connectivity index (χ4n) is 3.21. The first-order valence-electron chi connectivity index (χ1n) is 7.69. The van der Waals surface area contributed by atoms with Crippen LogP contribution in [0.3, 0.4) is 0 Å². The van der Waals surface area contributed by atoms with Gasteiger partial charge in [0.05, 0.1) is 5.02 Å². The molecule has 7 heteroatoms. The molecule has 1 aromatic carbocycles. The number of benzene rings is 1. The summed E-state index contributed by atoms with van der Waals surface area (Å²) in [5.74, 6) is 0.531. The molecule has 1 aromatic heterocycles. The van der Waals surface area contributed by atoms with Crippen LogP contribution in [0.25, 0.3) is 0 Å². The van der Waals surface area contributed by atoms with E-state index in [-0.39, 0.29) is 11.1 Å². The highest BCUT2D eigenvalue weighted by atomic mass is 35.5. The quantitative estimate of drug-likeness (QED) is 0.921. The Morgan fingerprint density at radius 2 is 2.25 bits per heavy atom. The molecular formula is C17H17ClFN5. The van der Waals surface area contributed by atoms with Crippen LogP contribution < -0.4 is 5.32 Å². The Balaban J connectivity index is 1.74. The van der Waals surface area contributed by atoms with E-state index in [0.29, 0.717) is 24.0 Å². The summed E-state index contributed by atoms with van der Waals surface area (Å²) in [4.78, 5) is 10.2. The molecule has 0 spiro atoms. The highest BCUT2D eigenvalue weighted by molar-refractivity contribution is 6.30. The van der Waals surface area contributed by atoms with E-state index in [1.165, 1.54) is 12.4 Å². The topological polar surface area (TPSA) is 64.8 Å². The second kappa shape index (κ2) is 7.12. The molecule has 1 aliphatic rings. The summed E-state index contributed by atoms with van der Waals surface area (Å²) in [6.45, 7) is 1.62. The fraction of sp³-hybridized carbons (Fsp3) is 0.353. The molecule has 2 aromatic rings. The molecule has 3 rings (SSSR count). The minimum Gasteiger partial charge on any atom is -0.370 e. The summed E-state index contributed by atoms with van der Waals surface area (Å²) in [6.07, 6.45) is 2.36. The number of rotatable bonds is 4. The highest BCUT2D eigenvalue weighted by Gasteiger charge is 2.33. The van der Waals surface area contributed by atoms with E-state index in [1.807, 2.05) is 19.2 Å². The maximum atomic E-state index is 13.8. The SMILES string of the molecule is CN1CC[C@H](CNc2cc(C#N)ncn2)[C@H]1c1ccc(Cl)c(F)c1. The van der Waals surface area contributed by atoms with E-state index in [2.05, 4.69) is 20.2 Å². The van der Waals surface area contributed by atoms with Gasteiger partial charge in [0.25, 0.3) is 0 Å². The third kappa shape index (κ3) is 3.48. The molecule has 2 heterocycles. The van der Waals surface area contributed by atoms with Crippen LogP contribution >= 0.6 is 11.6 Å². The van der Waals surface area contributed by atoms with E-state index < -0.39 is 5.82 Å². The zero-order chi connectivity index (χ0) is 17.1. The van der Waals surface area contributed by atoms with Gasteiger partial charge in [0, 0.05) is 18.7 Å². The Morgan fingerprint density at radius 1 is 1.42 bits per heavy atom. The number of likely N-dealkylation sites (tertiary alicyclic amines) is 1. The van der Waals surface area contributed by atoms with Gasteiger partial charge in [0.2, 0.25) is 0 Å². The van der Waals surface area contributed by atoms with Gasteiger partial charge in [-0.25, -0.2) is 14.4 Å². The molecule has 0 unspecified atom stereocenters. The van der Waals surface area contributed by atoms with Crippen molar-refractivity contribution in [1.82, 2.24) is 14.9 Å². The van der Waals surface area contributed by atoms with E-state index >= 15 is 0 Å². The number of halogens is 2. The monoisotopic (exact) mass is 345 g/mol. The maximum Gasteiger partial charge on any atom is 0.145 e. The van der Waals surface area contributed by atoms with E-state index in [4.69, 9.17) is 16.9 Å². The molecule has 0 amide bonds. The van der Waals surface area contributed by atoms with Crippen molar-refractivity contribution in [2.24, 2.45) is 5.92 Å². The molecule has 24 heavy (non-hydrogen) atoms. The molecule has 0 saturated carbocycles. The number of hydrogen-bond donors (Lipinski definition) is 1. The number of nitrogens with one attached hydrogen (secondary N) is 1. The number of aromatic nitrogens is 2. The maximum absolute atomic E-state index is 13.8. The van der Waals surface area contributed by atoms with Crippen molar-refractivity contribution in [3.8, 4) is 6.07 Å². The first-order chi connectivity index (χ1) is 11.6. The van der Waals surface area contributed by atoms with Crippen LogP contribution in [0.1, 0.15) is 23.7 Å². The lowest BCUT2D eigenvalue weighted by molar-refractivity contribution is 0.281. The van der Waals surface area contributed by atoms with Crippen molar-refractivity contribution in [2.75, 3.05) is 25.5 Å². The van der Waals surface area contributed by atoms with Gasteiger partial charge in [-0.05, 0) is 43.6 Å². The van der Waals surface area contributed by atoms with Gasteiger partial charge >= 0.3 is 0 Å². The second-order valence-corrected chi connectivity index (χ2v) is 6.34. The van der Waals surface area contributed by atoms with Crippen LogP contribution in [0.2, 0.25) is 5.02 Å². The van der Waals surface area contributed by atoms with Gasteiger partial charge in [0.15, 0.2) is 0 Å². The molecule has 124 valence electrons. The summed E-state index contributed by atoms with van der Waals surface area (Å²) in [7, 11) is 2.04. The Kier molecular flexibility index (Phi) is 4.93. The number of nitrogens with zero attached hydrogens (tertiary/aromatic N) is 4. The molecule has 0 radical (unpaired) electrons. The predicted octanol–water partition coefficient (Wildman–Crippen LogP) is 3.25. The van der Waals surface area contributed by atoms with E-state index in [0.717, 1.165) is 18.5 Å². The van der Waals surface area contributed by atoms with Gasteiger partial charge in [-0.15, -0.1) is 0 Å². The third-order valence-corrected chi connectivity index (χ3v) is 4.69. The van der Waals surface area contributed by atoms with Crippen LogP contribution in [0.4, 0.5) is 10.2 Å². The lowest BCUT2D eigenvalue weighted by Crippen LogP contribution is -2.25. The van der Waals surface area contributed by atoms with Crippen molar-refractivity contribution < 1.29 is 4.39 Å². The smallest absolute Gasteiger partial charge is 0.145 e. The van der Waals surface area contributed by atoms with Crippen LogP contribution in [0.15, 0.2) is 30.6 Å². The van der Waals surface area contributed by atoms with Crippen molar-refractivity contribution in [2.45, 2.75) is 12.5 Å². The van der Waals surface area contributed by atoms with Crippen LogP contribution in [0.5, 0.6) is 0 Å². The highest BCUT2D eigenvalue weighted by Crippen LogP contribution is 2.37. The predicted molar refractivity (Wildman–Crippen MR) is 90.1 cm³/mol. The molecular weight excluding hydrogens is 329 g/mol. The van der Waals surface area contributed by atoms with E-state index in [9.17, 15) is 4.39 Å². The van der Waals surface area contributed by atoms with Crippen molar-refractivity contribution in [1.29, 1.82) is 5.26 Å². The average Bonchev–Trinajstić information content (AvgIpc) is 2.96. The molecule has 1 N–H and O–H groups in total. The van der Waals surface area contributed by atoms with Crippen molar-refractivity contribution in [3.63, 3.8) is 0 Å². The molecule has 1 fully saturated rings. The van der Waals surface area contributed by atoms with Gasteiger partial charge in [-0.2, -0.15) is 5.26 Å². The molecule has 5 nitrogen and oxygen atoms in total. The first kappa shape index (κ1) is 16.6.